The number of imidazole rings is 1. The van der Waals surface area contributed by atoms with Crippen LogP contribution in [0.4, 0.5) is 0 Å². The van der Waals surface area contributed by atoms with Gasteiger partial charge in [-0.15, -0.1) is 0 Å². The number of aromatic nitrogens is 2. The van der Waals surface area contributed by atoms with Gasteiger partial charge < -0.3 is 15.0 Å². The van der Waals surface area contributed by atoms with Crippen LogP contribution in [0, 0.1) is 6.92 Å². The first kappa shape index (κ1) is 11.7. The quantitative estimate of drug-likeness (QED) is 0.746. The Morgan fingerprint density at radius 3 is 2.82 bits per heavy atom. The third-order valence-electron chi connectivity index (χ3n) is 2.36. The summed E-state index contributed by atoms with van der Waals surface area (Å²) in [4.78, 5) is 7.31. The summed E-state index contributed by atoms with van der Waals surface area (Å²) < 4.78 is 5.56. The molecule has 0 spiro atoms. The number of rotatable bonds is 6. The standard InChI is InChI=1S/C13H17N3O/c1-11-15-10-12(16-11)9-14-7-8-17-13-5-3-2-4-6-13/h2-6,10,14H,7-9H2,1H3,(H,15,16). The molecule has 90 valence electrons. The lowest BCUT2D eigenvalue weighted by molar-refractivity contribution is 0.313. The SMILES string of the molecule is Cc1ncc(CNCCOc2ccccc2)[nH]1. The Hall–Kier alpha value is -1.81. The zero-order chi connectivity index (χ0) is 11.9. The van der Waals surface area contributed by atoms with Gasteiger partial charge in [0.1, 0.15) is 18.2 Å². The molecule has 0 atom stereocenters. The highest BCUT2D eigenvalue weighted by Crippen LogP contribution is 2.07. The van der Waals surface area contributed by atoms with Crippen LogP contribution in [-0.2, 0) is 6.54 Å². The molecule has 0 saturated heterocycles. The molecule has 1 heterocycles. The van der Waals surface area contributed by atoms with E-state index in [1.165, 1.54) is 0 Å². The maximum absolute atomic E-state index is 5.56. The highest BCUT2D eigenvalue weighted by molar-refractivity contribution is 5.20. The summed E-state index contributed by atoms with van der Waals surface area (Å²) in [6, 6.07) is 9.83. The number of para-hydroxylation sites is 1. The molecule has 0 radical (unpaired) electrons. The first-order valence-electron chi connectivity index (χ1n) is 5.73. The average molecular weight is 231 g/mol. The highest BCUT2D eigenvalue weighted by atomic mass is 16.5. The Labute approximate surface area is 101 Å². The van der Waals surface area contributed by atoms with Gasteiger partial charge in [0.25, 0.3) is 0 Å². The second-order valence-corrected chi connectivity index (χ2v) is 3.83. The summed E-state index contributed by atoms with van der Waals surface area (Å²) >= 11 is 0. The van der Waals surface area contributed by atoms with Crippen LogP contribution < -0.4 is 10.1 Å². The molecule has 0 aliphatic carbocycles. The minimum atomic E-state index is 0.664. The Morgan fingerprint density at radius 2 is 2.12 bits per heavy atom. The molecular weight excluding hydrogens is 214 g/mol. The number of hydrogen-bond donors (Lipinski definition) is 2. The van der Waals surface area contributed by atoms with Crippen molar-refractivity contribution < 1.29 is 4.74 Å². The maximum atomic E-state index is 5.56. The molecule has 0 bridgehead atoms. The number of hydrogen-bond acceptors (Lipinski definition) is 3. The topological polar surface area (TPSA) is 49.9 Å². The molecule has 0 unspecified atom stereocenters. The largest absolute Gasteiger partial charge is 0.492 e. The van der Waals surface area contributed by atoms with E-state index in [1.54, 1.807) is 0 Å². The monoisotopic (exact) mass is 231 g/mol. The number of nitrogens with zero attached hydrogens (tertiary/aromatic N) is 1. The van der Waals surface area contributed by atoms with Crippen LogP contribution in [-0.4, -0.2) is 23.1 Å². The molecule has 0 fully saturated rings. The molecule has 17 heavy (non-hydrogen) atoms. The van der Waals surface area contributed by atoms with Gasteiger partial charge in [0.15, 0.2) is 0 Å². The molecule has 0 amide bonds. The number of H-pyrrole nitrogens is 1. The lowest BCUT2D eigenvalue weighted by atomic mass is 10.3. The first-order chi connectivity index (χ1) is 8.34. The van der Waals surface area contributed by atoms with Gasteiger partial charge in [0.2, 0.25) is 0 Å². The van der Waals surface area contributed by atoms with Crippen LogP contribution in [0.5, 0.6) is 5.75 Å². The van der Waals surface area contributed by atoms with Crippen molar-refractivity contribution in [1.82, 2.24) is 15.3 Å². The van der Waals surface area contributed by atoms with Crippen molar-refractivity contribution >= 4 is 0 Å². The van der Waals surface area contributed by atoms with E-state index < -0.39 is 0 Å². The van der Waals surface area contributed by atoms with E-state index in [0.29, 0.717) is 6.61 Å². The van der Waals surface area contributed by atoms with E-state index in [2.05, 4.69) is 15.3 Å². The van der Waals surface area contributed by atoms with Crippen LogP contribution >= 0.6 is 0 Å². The van der Waals surface area contributed by atoms with Crippen molar-refractivity contribution in [3.05, 3.63) is 48.0 Å². The van der Waals surface area contributed by atoms with E-state index >= 15 is 0 Å². The molecule has 0 saturated carbocycles. The fourth-order valence-electron chi connectivity index (χ4n) is 1.54. The van der Waals surface area contributed by atoms with Gasteiger partial charge in [0, 0.05) is 25.0 Å². The van der Waals surface area contributed by atoms with Gasteiger partial charge >= 0.3 is 0 Å². The third-order valence-corrected chi connectivity index (χ3v) is 2.36. The Kier molecular flexibility index (Phi) is 4.16. The smallest absolute Gasteiger partial charge is 0.119 e. The Bertz CT molecular complexity index is 439. The maximum Gasteiger partial charge on any atom is 0.119 e. The predicted octanol–water partition coefficient (Wildman–Crippen LogP) is 1.89. The fourth-order valence-corrected chi connectivity index (χ4v) is 1.54. The predicted molar refractivity (Wildman–Crippen MR) is 67.0 cm³/mol. The third kappa shape index (κ3) is 3.92. The van der Waals surface area contributed by atoms with Crippen LogP contribution in [0.15, 0.2) is 36.5 Å². The Morgan fingerprint density at radius 1 is 1.29 bits per heavy atom. The first-order valence-corrected chi connectivity index (χ1v) is 5.73. The second kappa shape index (κ2) is 6.06. The second-order valence-electron chi connectivity index (χ2n) is 3.83. The molecule has 2 aromatic rings. The number of aryl methyl sites for hydroxylation is 1. The van der Waals surface area contributed by atoms with Crippen LogP contribution in [0.1, 0.15) is 11.5 Å². The van der Waals surface area contributed by atoms with Crippen LogP contribution in [0.2, 0.25) is 0 Å². The normalized spacial score (nSPS) is 10.4. The summed E-state index contributed by atoms with van der Waals surface area (Å²) in [7, 11) is 0. The van der Waals surface area contributed by atoms with E-state index in [1.807, 2.05) is 43.5 Å². The molecule has 0 aliphatic rings. The van der Waals surface area contributed by atoms with Crippen molar-refractivity contribution in [2.45, 2.75) is 13.5 Å². The van der Waals surface area contributed by atoms with E-state index in [4.69, 9.17) is 4.74 Å². The molecule has 0 aliphatic heterocycles. The number of aromatic amines is 1. The van der Waals surface area contributed by atoms with Gasteiger partial charge in [-0.3, -0.25) is 0 Å². The van der Waals surface area contributed by atoms with Gasteiger partial charge in [-0.25, -0.2) is 4.98 Å². The fraction of sp³-hybridized carbons (Fsp3) is 0.308. The Balaban J connectivity index is 1.61. The number of ether oxygens (including phenoxy) is 1. The lowest BCUT2D eigenvalue weighted by Crippen LogP contribution is -2.20. The van der Waals surface area contributed by atoms with E-state index in [-0.39, 0.29) is 0 Å². The summed E-state index contributed by atoms with van der Waals surface area (Å²) in [6.45, 7) is 4.21. The highest BCUT2D eigenvalue weighted by Gasteiger charge is 1.96. The average Bonchev–Trinajstić information content (AvgIpc) is 2.76. The van der Waals surface area contributed by atoms with E-state index in [0.717, 1.165) is 30.4 Å². The molecule has 4 nitrogen and oxygen atoms in total. The molecular formula is C13H17N3O. The lowest BCUT2D eigenvalue weighted by Gasteiger charge is -2.06. The van der Waals surface area contributed by atoms with Crippen molar-refractivity contribution in [1.29, 1.82) is 0 Å². The van der Waals surface area contributed by atoms with Gasteiger partial charge in [-0.2, -0.15) is 0 Å². The van der Waals surface area contributed by atoms with Crippen LogP contribution in [0.3, 0.4) is 0 Å². The summed E-state index contributed by atoms with van der Waals surface area (Å²) in [5.74, 6) is 1.86. The van der Waals surface area contributed by atoms with Crippen molar-refractivity contribution in [3.8, 4) is 5.75 Å². The number of nitrogens with one attached hydrogen (secondary N) is 2. The van der Waals surface area contributed by atoms with Crippen molar-refractivity contribution in [3.63, 3.8) is 0 Å². The summed E-state index contributed by atoms with van der Waals surface area (Å²) in [5.41, 5.74) is 1.10. The van der Waals surface area contributed by atoms with Gasteiger partial charge in [-0.05, 0) is 19.1 Å². The van der Waals surface area contributed by atoms with Gasteiger partial charge in [0.05, 0.1) is 0 Å². The minimum absolute atomic E-state index is 0.664. The van der Waals surface area contributed by atoms with Crippen LogP contribution in [0.25, 0.3) is 0 Å². The molecule has 4 heteroatoms. The molecule has 1 aromatic carbocycles. The zero-order valence-electron chi connectivity index (χ0n) is 9.94. The number of benzene rings is 1. The van der Waals surface area contributed by atoms with Crippen molar-refractivity contribution in [2.24, 2.45) is 0 Å². The zero-order valence-corrected chi connectivity index (χ0v) is 9.94. The van der Waals surface area contributed by atoms with Gasteiger partial charge in [-0.1, -0.05) is 18.2 Å². The molecule has 2 rings (SSSR count). The summed E-state index contributed by atoms with van der Waals surface area (Å²) in [5, 5.41) is 3.29. The molecule has 1 aromatic heterocycles. The summed E-state index contributed by atoms with van der Waals surface area (Å²) in [6.07, 6.45) is 1.85. The molecule has 2 N–H and O–H groups in total. The minimum Gasteiger partial charge on any atom is -0.492 e. The van der Waals surface area contributed by atoms with E-state index in [9.17, 15) is 0 Å². The van der Waals surface area contributed by atoms with Crippen molar-refractivity contribution in [2.75, 3.05) is 13.2 Å².